The van der Waals surface area contributed by atoms with E-state index in [0.29, 0.717) is 0 Å². The van der Waals surface area contributed by atoms with Gasteiger partial charge >= 0.3 is 12.1 Å². The van der Waals surface area contributed by atoms with Crippen LogP contribution < -0.4 is 0 Å². The minimum atomic E-state index is -4.57. The Bertz CT molecular complexity index is 604. The number of nitrogens with zero attached hydrogens (tertiary/aromatic N) is 3. The van der Waals surface area contributed by atoms with Crippen LogP contribution in [0, 0.1) is 0 Å². The Morgan fingerprint density at radius 2 is 1.77 bits per heavy atom. The lowest BCUT2D eigenvalue weighted by Gasteiger charge is -2.30. The first-order valence-corrected chi connectivity index (χ1v) is 7.19. The number of aromatic nitrogens is 2. The molecule has 0 bridgehead atoms. The van der Waals surface area contributed by atoms with E-state index in [1.807, 2.05) is 18.2 Å². The van der Waals surface area contributed by atoms with Crippen molar-refractivity contribution in [2.75, 3.05) is 13.1 Å². The summed E-state index contributed by atoms with van der Waals surface area (Å²) in [6, 6.07) is 10.1. The molecule has 1 aliphatic heterocycles. The third-order valence-electron chi connectivity index (χ3n) is 3.87. The number of alkyl halides is 3. The molecule has 118 valence electrons. The van der Waals surface area contributed by atoms with Crippen molar-refractivity contribution in [2.45, 2.75) is 31.5 Å². The lowest BCUT2D eigenvalue weighted by molar-refractivity contribution is -0.157. The zero-order valence-corrected chi connectivity index (χ0v) is 11.9. The summed E-state index contributed by atoms with van der Waals surface area (Å²) in [5.74, 6) is -1.24. The van der Waals surface area contributed by atoms with Crippen LogP contribution in [0.1, 0.15) is 36.1 Å². The average molecular weight is 311 g/mol. The number of halogens is 3. The fraction of sp³-hybridized carbons (Fsp3) is 0.467. The van der Waals surface area contributed by atoms with Crippen molar-refractivity contribution in [1.29, 1.82) is 0 Å². The van der Waals surface area contributed by atoms with Crippen LogP contribution in [0.15, 0.2) is 34.7 Å². The fourth-order valence-corrected chi connectivity index (χ4v) is 2.69. The summed E-state index contributed by atoms with van der Waals surface area (Å²) >= 11 is 0. The highest BCUT2D eigenvalue weighted by atomic mass is 19.4. The van der Waals surface area contributed by atoms with Gasteiger partial charge in [-0.05, 0) is 31.5 Å². The van der Waals surface area contributed by atoms with E-state index in [2.05, 4.69) is 27.2 Å². The highest BCUT2D eigenvalue weighted by molar-refractivity contribution is 5.14. The second kappa shape index (κ2) is 6.08. The van der Waals surface area contributed by atoms with Crippen LogP contribution in [0.25, 0.3) is 0 Å². The molecule has 1 fully saturated rings. The first-order chi connectivity index (χ1) is 10.5. The van der Waals surface area contributed by atoms with Gasteiger partial charge in [-0.2, -0.15) is 13.2 Å². The van der Waals surface area contributed by atoms with E-state index in [1.165, 1.54) is 5.56 Å². The van der Waals surface area contributed by atoms with Gasteiger partial charge in [0, 0.05) is 12.5 Å². The summed E-state index contributed by atoms with van der Waals surface area (Å²) in [5.41, 5.74) is 1.23. The Labute approximate surface area is 125 Å². The molecule has 0 radical (unpaired) electrons. The average Bonchev–Trinajstić information content (AvgIpc) is 2.99. The van der Waals surface area contributed by atoms with E-state index < -0.39 is 12.1 Å². The monoisotopic (exact) mass is 311 g/mol. The van der Waals surface area contributed by atoms with Crippen molar-refractivity contribution in [3.05, 3.63) is 47.7 Å². The molecule has 0 aliphatic carbocycles. The Morgan fingerprint density at radius 3 is 2.36 bits per heavy atom. The SMILES string of the molecule is FC(F)(F)c1nnc(C2CCN(Cc3ccccc3)CC2)o1. The Balaban J connectivity index is 1.56. The fourth-order valence-electron chi connectivity index (χ4n) is 2.69. The Morgan fingerprint density at radius 1 is 1.09 bits per heavy atom. The molecule has 0 amide bonds. The molecule has 0 unspecified atom stereocenters. The van der Waals surface area contributed by atoms with Crippen LogP contribution in [-0.2, 0) is 12.7 Å². The van der Waals surface area contributed by atoms with E-state index in [4.69, 9.17) is 4.42 Å². The van der Waals surface area contributed by atoms with Crippen LogP contribution in [0.2, 0.25) is 0 Å². The Hall–Kier alpha value is -1.89. The quantitative estimate of drug-likeness (QED) is 0.870. The zero-order chi connectivity index (χ0) is 15.6. The predicted octanol–water partition coefficient (Wildman–Crippen LogP) is 3.47. The van der Waals surface area contributed by atoms with Gasteiger partial charge < -0.3 is 4.42 Å². The van der Waals surface area contributed by atoms with Crippen molar-refractivity contribution in [3.8, 4) is 0 Å². The maximum atomic E-state index is 12.5. The highest BCUT2D eigenvalue weighted by Gasteiger charge is 2.39. The van der Waals surface area contributed by atoms with Gasteiger partial charge in [-0.15, -0.1) is 10.2 Å². The first kappa shape index (κ1) is 15.0. The van der Waals surface area contributed by atoms with Crippen molar-refractivity contribution >= 4 is 0 Å². The largest absolute Gasteiger partial charge is 0.470 e. The molecule has 0 spiro atoms. The summed E-state index contributed by atoms with van der Waals surface area (Å²) in [7, 11) is 0. The van der Waals surface area contributed by atoms with Gasteiger partial charge in [-0.25, -0.2) is 0 Å². The number of likely N-dealkylation sites (tertiary alicyclic amines) is 1. The van der Waals surface area contributed by atoms with Crippen molar-refractivity contribution in [2.24, 2.45) is 0 Å². The molecule has 0 atom stereocenters. The molecular formula is C15H16F3N3O. The van der Waals surface area contributed by atoms with Gasteiger partial charge in [0.05, 0.1) is 0 Å². The minimum Gasteiger partial charge on any atom is -0.417 e. The predicted molar refractivity (Wildman–Crippen MR) is 73.0 cm³/mol. The van der Waals surface area contributed by atoms with Crippen LogP contribution >= 0.6 is 0 Å². The molecule has 7 heteroatoms. The molecule has 1 aromatic carbocycles. The summed E-state index contributed by atoms with van der Waals surface area (Å²) in [6.45, 7) is 2.47. The van der Waals surface area contributed by atoms with Gasteiger partial charge in [0.1, 0.15) is 0 Å². The topological polar surface area (TPSA) is 42.2 Å². The van der Waals surface area contributed by atoms with Crippen LogP contribution in [-0.4, -0.2) is 28.2 Å². The van der Waals surface area contributed by atoms with Gasteiger partial charge in [0.15, 0.2) is 0 Å². The van der Waals surface area contributed by atoms with Crippen molar-refractivity contribution < 1.29 is 17.6 Å². The summed E-state index contributed by atoms with van der Waals surface area (Å²) in [6.07, 6.45) is -3.11. The maximum absolute atomic E-state index is 12.5. The summed E-state index contributed by atoms with van der Waals surface area (Å²) < 4.78 is 42.2. The van der Waals surface area contributed by atoms with Gasteiger partial charge in [-0.1, -0.05) is 30.3 Å². The summed E-state index contributed by atoms with van der Waals surface area (Å²) in [4.78, 5) is 2.28. The smallest absolute Gasteiger partial charge is 0.417 e. The molecule has 0 saturated carbocycles. The molecule has 2 heterocycles. The van der Waals surface area contributed by atoms with E-state index in [1.54, 1.807) is 0 Å². The first-order valence-electron chi connectivity index (χ1n) is 7.19. The van der Waals surface area contributed by atoms with Crippen molar-refractivity contribution in [3.63, 3.8) is 0 Å². The molecule has 3 rings (SSSR count). The summed E-state index contributed by atoms with van der Waals surface area (Å²) in [5, 5.41) is 6.65. The molecule has 2 aromatic rings. The van der Waals surface area contributed by atoms with E-state index >= 15 is 0 Å². The molecule has 0 N–H and O–H groups in total. The second-order valence-electron chi connectivity index (χ2n) is 5.48. The number of hydrogen-bond donors (Lipinski definition) is 0. The third-order valence-corrected chi connectivity index (χ3v) is 3.87. The lowest BCUT2D eigenvalue weighted by atomic mass is 9.96. The zero-order valence-electron chi connectivity index (χ0n) is 11.9. The lowest BCUT2D eigenvalue weighted by Crippen LogP contribution is -2.32. The van der Waals surface area contributed by atoms with Crippen LogP contribution in [0.3, 0.4) is 0 Å². The van der Waals surface area contributed by atoms with E-state index in [9.17, 15) is 13.2 Å². The van der Waals surface area contributed by atoms with Gasteiger partial charge in [0.2, 0.25) is 5.89 Å². The van der Waals surface area contributed by atoms with E-state index in [-0.39, 0.29) is 11.8 Å². The highest BCUT2D eigenvalue weighted by Crippen LogP contribution is 2.32. The third kappa shape index (κ3) is 3.47. The Kier molecular flexibility index (Phi) is 4.15. The molecule has 1 aromatic heterocycles. The molecular weight excluding hydrogens is 295 g/mol. The second-order valence-corrected chi connectivity index (χ2v) is 5.48. The van der Waals surface area contributed by atoms with Gasteiger partial charge in [-0.3, -0.25) is 4.90 Å². The normalized spacial score (nSPS) is 17.8. The molecule has 1 aliphatic rings. The van der Waals surface area contributed by atoms with Crippen molar-refractivity contribution in [1.82, 2.24) is 15.1 Å². The molecule has 1 saturated heterocycles. The number of rotatable bonds is 3. The van der Waals surface area contributed by atoms with Gasteiger partial charge in [0.25, 0.3) is 0 Å². The number of benzene rings is 1. The standard InChI is InChI=1S/C15H16F3N3O/c16-15(17,18)14-20-19-13(22-14)12-6-8-21(9-7-12)10-11-4-2-1-3-5-11/h1-5,12H,6-10H2. The maximum Gasteiger partial charge on any atom is 0.470 e. The molecule has 22 heavy (non-hydrogen) atoms. The minimum absolute atomic E-state index is 0.0874. The number of hydrogen-bond acceptors (Lipinski definition) is 4. The number of piperidine rings is 1. The van der Waals surface area contributed by atoms with E-state index in [0.717, 1.165) is 32.5 Å². The van der Waals surface area contributed by atoms with Crippen LogP contribution in [0.4, 0.5) is 13.2 Å². The van der Waals surface area contributed by atoms with Crippen LogP contribution in [0.5, 0.6) is 0 Å². The molecule has 4 nitrogen and oxygen atoms in total.